The molecular weight excluding hydrogens is 292 g/mol. The molecule has 1 aromatic carbocycles. The summed E-state index contributed by atoms with van der Waals surface area (Å²) in [5.41, 5.74) is 0.967. The van der Waals surface area contributed by atoms with Gasteiger partial charge in [-0.25, -0.2) is 0 Å². The largest absolute Gasteiger partial charge is 0.355 e. The molecule has 0 fully saturated rings. The third kappa shape index (κ3) is 3.11. The van der Waals surface area contributed by atoms with E-state index in [4.69, 9.17) is 0 Å². The highest BCUT2D eigenvalue weighted by molar-refractivity contribution is 6.21. The smallest absolute Gasteiger partial charge is 0.261 e. The Kier molecular flexibility index (Phi) is 4.41. The maximum Gasteiger partial charge on any atom is 0.261 e. The fourth-order valence-electron chi connectivity index (χ4n) is 2.85. The van der Waals surface area contributed by atoms with E-state index in [0.717, 1.165) is 12.8 Å². The Hall–Kier alpha value is -2.63. The van der Waals surface area contributed by atoms with Gasteiger partial charge in [0, 0.05) is 26.2 Å². The van der Waals surface area contributed by atoms with E-state index in [9.17, 15) is 9.59 Å². The monoisotopic (exact) mass is 312 g/mol. The Morgan fingerprint density at radius 2 is 1.78 bits per heavy atom. The zero-order valence-electron chi connectivity index (χ0n) is 13.1. The van der Waals surface area contributed by atoms with Crippen molar-refractivity contribution in [3.8, 4) is 0 Å². The molecule has 23 heavy (non-hydrogen) atoms. The van der Waals surface area contributed by atoms with Crippen molar-refractivity contribution < 1.29 is 9.59 Å². The summed E-state index contributed by atoms with van der Waals surface area (Å²) in [6.45, 7) is 0.779. The predicted octanol–water partition coefficient (Wildman–Crippen LogP) is 1.17. The number of amides is 2. The summed E-state index contributed by atoms with van der Waals surface area (Å²) in [4.78, 5) is 30.0. The zero-order chi connectivity index (χ0) is 16.2. The van der Waals surface area contributed by atoms with Crippen LogP contribution in [-0.2, 0) is 0 Å². The minimum absolute atomic E-state index is 0.227. The van der Waals surface area contributed by atoms with Gasteiger partial charge in [-0.3, -0.25) is 19.5 Å². The second-order valence-electron chi connectivity index (χ2n) is 5.59. The maximum absolute atomic E-state index is 12.3. The third-order valence-corrected chi connectivity index (χ3v) is 4.08. The number of fused-ring (bicyclic) bond motifs is 1. The molecule has 1 heterocycles. The fourth-order valence-corrected chi connectivity index (χ4v) is 2.85. The Bertz CT molecular complexity index is 638. The predicted molar refractivity (Wildman–Crippen MR) is 88.5 cm³/mol. The van der Waals surface area contributed by atoms with E-state index in [1.54, 1.807) is 31.3 Å². The van der Waals surface area contributed by atoms with E-state index in [2.05, 4.69) is 27.8 Å². The Balaban J connectivity index is 1.53. The first-order chi connectivity index (χ1) is 11.2. The van der Waals surface area contributed by atoms with Crippen LogP contribution < -0.4 is 10.6 Å². The molecule has 2 N–H and O–H groups in total. The van der Waals surface area contributed by atoms with Gasteiger partial charge in [-0.15, -0.1) is 0 Å². The van der Waals surface area contributed by atoms with E-state index < -0.39 is 0 Å². The average molecular weight is 312 g/mol. The first-order valence-corrected chi connectivity index (χ1v) is 7.78. The highest BCUT2D eigenvalue weighted by Crippen LogP contribution is 2.21. The molecule has 0 saturated carbocycles. The van der Waals surface area contributed by atoms with Crippen LogP contribution in [-0.4, -0.2) is 48.9 Å². The quantitative estimate of drug-likeness (QED) is 0.379. The molecule has 1 aliphatic carbocycles. The normalized spacial score (nSPS) is 17.8. The second kappa shape index (κ2) is 6.64. The van der Waals surface area contributed by atoms with Crippen LogP contribution in [0.4, 0.5) is 0 Å². The van der Waals surface area contributed by atoms with Gasteiger partial charge < -0.3 is 10.6 Å². The zero-order valence-corrected chi connectivity index (χ0v) is 13.1. The van der Waals surface area contributed by atoms with Crippen LogP contribution in [0.3, 0.4) is 0 Å². The molecule has 0 radical (unpaired) electrons. The summed E-state index contributed by atoms with van der Waals surface area (Å²) in [7, 11) is 1.71. The lowest BCUT2D eigenvalue weighted by atomic mass is 10.1. The molecule has 0 saturated heterocycles. The molecule has 2 aliphatic rings. The standard InChI is InChI=1S/C17H20N4O2/c1-18-17(20-12-6-2-3-7-12)19-10-11-21-15(22)13-8-4-5-9-14(13)16(21)23/h2-5,8-9,12H,6-7,10-11H2,1H3,(H2,18,19,20). The van der Waals surface area contributed by atoms with Gasteiger partial charge in [0.1, 0.15) is 0 Å². The van der Waals surface area contributed by atoms with Crippen LogP contribution in [0.2, 0.25) is 0 Å². The van der Waals surface area contributed by atoms with Crippen LogP contribution >= 0.6 is 0 Å². The highest BCUT2D eigenvalue weighted by atomic mass is 16.2. The lowest BCUT2D eigenvalue weighted by Crippen LogP contribution is -2.45. The van der Waals surface area contributed by atoms with Crippen molar-refractivity contribution in [2.24, 2.45) is 4.99 Å². The van der Waals surface area contributed by atoms with Crippen molar-refractivity contribution in [2.45, 2.75) is 18.9 Å². The molecule has 0 atom stereocenters. The third-order valence-electron chi connectivity index (χ3n) is 4.08. The first kappa shape index (κ1) is 15.3. The van der Waals surface area contributed by atoms with Gasteiger partial charge in [-0.1, -0.05) is 24.3 Å². The molecule has 0 bridgehead atoms. The summed E-state index contributed by atoms with van der Waals surface area (Å²) >= 11 is 0. The number of hydrogen-bond donors (Lipinski definition) is 2. The molecule has 6 nitrogen and oxygen atoms in total. The minimum atomic E-state index is -0.227. The van der Waals surface area contributed by atoms with Gasteiger partial charge in [-0.05, 0) is 25.0 Å². The lowest BCUT2D eigenvalue weighted by Gasteiger charge is -2.19. The Labute approximate surface area is 135 Å². The number of rotatable bonds is 4. The van der Waals surface area contributed by atoms with Gasteiger partial charge in [-0.2, -0.15) is 0 Å². The van der Waals surface area contributed by atoms with Crippen molar-refractivity contribution in [1.82, 2.24) is 15.5 Å². The van der Waals surface area contributed by atoms with E-state index in [0.29, 0.717) is 36.2 Å². The SMILES string of the molecule is CN=C(NCCN1C(=O)c2ccccc2C1=O)NC1CC=CC1. The van der Waals surface area contributed by atoms with Crippen LogP contribution in [0.1, 0.15) is 33.6 Å². The highest BCUT2D eigenvalue weighted by Gasteiger charge is 2.34. The van der Waals surface area contributed by atoms with Crippen molar-refractivity contribution in [3.63, 3.8) is 0 Å². The van der Waals surface area contributed by atoms with Crippen LogP contribution in [0, 0.1) is 0 Å². The van der Waals surface area contributed by atoms with Crippen molar-refractivity contribution in [1.29, 1.82) is 0 Å². The lowest BCUT2D eigenvalue weighted by molar-refractivity contribution is 0.0657. The molecule has 0 aromatic heterocycles. The Morgan fingerprint density at radius 3 is 2.35 bits per heavy atom. The number of aliphatic imine (C=N–C) groups is 1. The molecule has 1 aromatic rings. The number of nitrogens with one attached hydrogen (secondary N) is 2. The molecule has 3 rings (SSSR count). The molecule has 0 spiro atoms. The first-order valence-electron chi connectivity index (χ1n) is 7.78. The summed E-state index contributed by atoms with van der Waals surface area (Å²) < 4.78 is 0. The van der Waals surface area contributed by atoms with E-state index in [-0.39, 0.29) is 11.8 Å². The van der Waals surface area contributed by atoms with E-state index >= 15 is 0 Å². The summed E-state index contributed by atoms with van der Waals surface area (Å²) in [5, 5.41) is 6.47. The van der Waals surface area contributed by atoms with Gasteiger partial charge in [0.15, 0.2) is 5.96 Å². The van der Waals surface area contributed by atoms with Crippen LogP contribution in [0.25, 0.3) is 0 Å². The van der Waals surface area contributed by atoms with E-state index in [1.807, 2.05) is 0 Å². The number of nitrogens with zero attached hydrogens (tertiary/aromatic N) is 2. The summed E-state index contributed by atoms with van der Waals surface area (Å²) in [6, 6.07) is 7.29. The van der Waals surface area contributed by atoms with Gasteiger partial charge in [0.05, 0.1) is 11.1 Å². The number of hydrogen-bond acceptors (Lipinski definition) is 3. The van der Waals surface area contributed by atoms with Crippen molar-refractivity contribution in [3.05, 3.63) is 47.5 Å². The second-order valence-corrected chi connectivity index (χ2v) is 5.59. The molecule has 6 heteroatoms. The van der Waals surface area contributed by atoms with Crippen LogP contribution in [0.15, 0.2) is 41.4 Å². The number of guanidine groups is 1. The topological polar surface area (TPSA) is 73.8 Å². The molecule has 2 amide bonds. The van der Waals surface area contributed by atoms with Gasteiger partial charge in [0.25, 0.3) is 11.8 Å². The van der Waals surface area contributed by atoms with Crippen LogP contribution in [0.5, 0.6) is 0 Å². The van der Waals surface area contributed by atoms with Gasteiger partial charge >= 0.3 is 0 Å². The average Bonchev–Trinajstić information content (AvgIpc) is 3.16. The molecule has 0 unspecified atom stereocenters. The Morgan fingerprint density at radius 1 is 1.17 bits per heavy atom. The molecular formula is C17H20N4O2. The molecule has 1 aliphatic heterocycles. The van der Waals surface area contributed by atoms with Crippen molar-refractivity contribution >= 4 is 17.8 Å². The van der Waals surface area contributed by atoms with Crippen molar-refractivity contribution in [2.75, 3.05) is 20.1 Å². The summed E-state index contributed by atoms with van der Waals surface area (Å²) in [6.07, 6.45) is 6.26. The number of carbonyl (C=O) groups excluding carboxylic acids is 2. The minimum Gasteiger partial charge on any atom is -0.355 e. The number of carbonyl (C=O) groups is 2. The number of benzene rings is 1. The summed E-state index contributed by atoms with van der Waals surface area (Å²) in [5.74, 6) is 0.237. The fraction of sp³-hybridized carbons (Fsp3) is 0.353. The maximum atomic E-state index is 12.3. The van der Waals surface area contributed by atoms with Gasteiger partial charge in [0.2, 0.25) is 0 Å². The van der Waals surface area contributed by atoms with E-state index in [1.165, 1.54) is 4.90 Å². The number of imide groups is 1. The molecule has 120 valence electrons.